The zero-order valence-electron chi connectivity index (χ0n) is 6.73. The summed E-state index contributed by atoms with van der Waals surface area (Å²) < 4.78 is 5.80. The van der Waals surface area contributed by atoms with Crippen LogP contribution in [0.3, 0.4) is 0 Å². The minimum atomic E-state index is -0.935. The first-order valence-electron chi connectivity index (χ1n) is 3.39. The molecule has 0 spiro atoms. The molecule has 6 heteroatoms. The summed E-state index contributed by atoms with van der Waals surface area (Å²) in [4.78, 5) is 32.6. The van der Waals surface area contributed by atoms with Gasteiger partial charge < -0.3 is 4.42 Å². The molecule has 1 aromatic rings. The third-order valence-electron chi connectivity index (χ3n) is 1.50. The van der Waals surface area contributed by atoms with Crippen LogP contribution in [-0.4, -0.2) is 9.13 Å². The summed E-state index contributed by atoms with van der Waals surface area (Å²) >= 11 is 0. The Morgan fingerprint density at radius 3 is 2.33 bits per heavy atom. The van der Waals surface area contributed by atoms with E-state index in [1.54, 1.807) is 6.92 Å². The molecule has 0 fully saturated rings. The largest absolute Gasteiger partial charge is 0.427 e. The van der Waals surface area contributed by atoms with Gasteiger partial charge in [-0.15, -0.1) is 0 Å². The summed E-state index contributed by atoms with van der Waals surface area (Å²) in [5.74, 6) is -1.85. The normalized spacial score (nSPS) is 10.2. The highest BCUT2D eigenvalue weighted by atomic mass is 16.5. The summed E-state index contributed by atoms with van der Waals surface area (Å²) in [6.45, 7) is 1.80. The van der Waals surface area contributed by atoms with Gasteiger partial charge in [-0.25, -0.2) is 23.5 Å². The van der Waals surface area contributed by atoms with E-state index < -0.39 is 17.2 Å². The van der Waals surface area contributed by atoms with Gasteiger partial charge in [0.15, 0.2) is 0 Å². The maximum Gasteiger partial charge on any atom is 0.427 e. The van der Waals surface area contributed by atoms with Gasteiger partial charge in [0.05, 0.1) is 0 Å². The molecule has 12 heavy (non-hydrogen) atoms. The highest BCUT2D eigenvalue weighted by Gasteiger charge is 2.05. The third-order valence-corrected chi connectivity index (χ3v) is 1.50. The van der Waals surface area contributed by atoms with Crippen LogP contribution in [0.2, 0.25) is 0 Å². The summed E-state index contributed by atoms with van der Waals surface area (Å²) in [6, 6.07) is 0. The van der Waals surface area contributed by atoms with E-state index in [0.29, 0.717) is 0 Å². The van der Waals surface area contributed by atoms with Gasteiger partial charge in [-0.05, 0) is 6.92 Å². The monoisotopic (exact) mass is 172 g/mol. The summed E-state index contributed by atoms with van der Waals surface area (Å²) in [5, 5.41) is 0. The lowest BCUT2D eigenvalue weighted by Gasteiger charge is -1.98. The van der Waals surface area contributed by atoms with Gasteiger partial charge in [0.2, 0.25) is 0 Å². The van der Waals surface area contributed by atoms with Gasteiger partial charge >= 0.3 is 17.2 Å². The number of aromatic nitrogens is 2. The van der Waals surface area contributed by atoms with Gasteiger partial charge in [-0.2, -0.15) is 0 Å². The van der Waals surface area contributed by atoms with Gasteiger partial charge in [0.1, 0.15) is 0 Å². The van der Waals surface area contributed by atoms with Gasteiger partial charge in [-0.1, -0.05) is 0 Å². The molecule has 1 heterocycles. The molecule has 0 aliphatic carbocycles. The molecular formula is C6H8N2O4. The lowest BCUT2D eigenvalue weighted by Crippen LogP contribution is -2.44. The van der Waals surface area contributed by atoms with Crippen molar-refractivity contribution in [1.29, 1.82) is 0 Å². The van der Waals surface area contributed by atoms with Crippen molar-refractivity contribution in [1.82, 2.24) is 9.13 Å². The van der Waals surface area contributed by atoms with E-state index in [9.17, 15) is 14.4 Å². The molecule has 0 bridgehead atoms. The predicted molar refractivity (Wildman–Crippen MR) is 40.2 cm³/mol. The van der Waals surface area contributed by atoms with Crippen molar-refractivity contribution in [3.05, 3.63) is 31.6 Å². The second-order valence-corrected chi connectivity index (χ2v) is 2.22. The van der Waals surface area contributed by atoms with Crippen molar-refractivity contribution < 1.29 is 4.42 Å². The standard InChI is InChI=1S/C6H8N2O4/c1-3-8-4(9)7(2)5(10)12-6(8)11/h3H2,1-2H3. The maximum atomic E-state index is 11.1. The number of hydrogen-bond donors (Lipinski definition) is 0. The molecular weight excluding hydrogens is 164 g/mol. The zero-order valence-corrected chi connectivity index (χ0v) is 6.73. The second kappa shape index (κ2) is 2.80. The maximum absolute atomic E-state index is 11.1. The van der Waals surface area contributed by atoms with Gasteiger partial charge in [0.25, 0.3) is 0 Å². The van der Waals surface area contributed by atoms with Crippen LogP contribution in [0.15, 0.2) is 18.8 Å². The van der Waals surface area contributed by atoms with E-state index in [1.165, 1.54) is 7.05 Å². The molecule has 1 rings (SSSR count). The van der Waals surface area contributed by atoms with Crippen LogP contribution < -0.4 is 17.2 Å². The lowest BCUT2D eigenvalue weighted by atomic mass is 10.7. The quantitative estimate of drug-likeness (QED) is 0.517. The molecule has 6 nitrogen and oxygen atoms in total. The van der Waals surface area contributed by atoms with Crippen LogP contribution in [0.4, 0.5) is 0 Å². The van der Waals surface area contributed by atoms with Crippen LogP contribution in [-0.2, 0) is 13.6 Å². The van der Waals surface area contributed by atoms with Crippen molar-refractivity contribution >= 4 is 0 Å². The van der Waals surface area contributed by atoms with Crippen molar-refractivity contribution in [2.45, 2.75) is 13.5 Å². The fourth-order valence-corrected chi connectivity index (χ4v) is 0.800. The summed E-state index contributed by atoms with van der Waals surface area (Å²) in [6.07, 6.45) is 0. The Hall–Kier alpha value is -1.59. The van der Waals surface area contributed by atoms with Crippen LogP contribution in [0.25, 0.3) is 0 Å². The molecule has 0 aliphatic heterocycles. The number of nitrogens with zero attached hydrogens (tertiary/aromatic N) is 2. The van der Waals surface area contributed by atoms with Crippen LogP contribution >= 0.6 is 0 Å². The minimum Gasteiger partial charge on any atom is -0.358 e. The lowest BCUT2D eigenvalue weighted by molar-refractivity contribution is 0.340. The number of rotatable bonds is 1. The average molecular weight is 172 g/mol. The second-order valence-electron chi connectivity index (χ2n) is 2.22. The van der Waals surface area contributed by atoms with Crippen molar-refractivity contribution in [3.63, 3.8) is 0 Å². The van der Waals surface area contributed by atoms with Crippen LogP contribution in [0.5, 0.6) is 0 Å². The molecule has 0 amide bonds. The van der Waals surface area contributed by atoms with E-state index >= 15 is 0 Å². The molecule has 0 saturated carbocycles. The molecule has 0 radical (unpaired) electrons. The van der Waals surface area contributed by atoms with Gasteiger partial charge in [0, 0.05) is 13.6 Å². The fourth-order valence-electron chi connectivity index (χ4n) is 0.800. The van der Waals surface area contributed by atoms with E-state index in [1.807, 2.05) is 0 Å². The van der Waals surface area contributed by atoms with E-state index in [4.69, 9.17) is 0 Å². The molecule has 0 unspecified atom stereocenters. The smallest absolute Gasteiger partial charge is 0.358 e. The Balaban J connectivity index is 3.76. The molecule has 66 valence electrons. The Morgan fingerprint density at radius 1 is 1.25 bits per heavy atom. The topological polar surface area (TPSA) is 74.2 Å². The van der Waals surface area contributed by atoms with Crippen molar-refractivity contribution in [2.75, 3.05) is 0 Å². The Bertz CT molecular complexity index is 450. The van der Waals surface area contributed by atoms with E-state index in [0.717, 1.165) is 9.13 Å². The van der Waals surface area contributed by atoms with Crippen molar-refractivity contribution in [2.24, 2.45) is 7.05 Å². The average Bonchev–Trinajstić information content (AvgIpc) is 2.01. The Morgan fingerprint density at radius 2 is 1.83 bits per heavy atom. The molecule has 0 aromatic carbocycles. The highest BCUT2D eigenvalue weighted by molar-refractivity contribution is 4.66. The van der Waals surface area contributed by atoms with Crippen LogP contribution in [0.1, 0.15) is 6.92 Å². The van der Waals surface area contributed by atoms with Crippen LogP contribution in [0, 0.1) is 0 Å². The van der Waals surface area contributed by atoms with Gasteiger partial charge in [-0.3, -0.25) is 0 Å². The Kier molecular flexibility index (Phi) is 1.99. The third kappa shape index (κ3) is 1.11. The van der Waals surface area contributed by atoms with E-state index in [-0.39, 0.29) is 6.54 Å². The first-order valence-corrected chi connectivity index (χ1v) is 3.39. The van der Waals surface area contributed by atoms with Crippen molar-refractivity contribution in [3.8, 4) is 0 Å². The zero-order chi connectivity index (χ0) is 9.30. The van der Waals surface area contributed by atoms with E-state index in [2.05, 4.69) is 4.42 Å². The summed E-state index contributed by atoms with van der Waals surface area (Å²) in [5.41, 5.74) is -0.654. The fraction of sp³-hybridized carbons (Fsp3) is 0.500. The SMILES string of the molecule is CCn1c(=O)oc(=O)n(C)c1=O. The minimum absolute atomic E-state index is 0.190. The predicted octanol–water partition coefficient (Wildman–Crippen LogP) is -1.48. The molecule has 1 aromatic heterocycles. The first-order chi connectivity index (χ1) is 5.57. The highest BCUT2D eigenvalue weighted by Crippen LogP contribution is 1.66. The number of hydrogen-bond acceptors (Lipinski definition) is 4. The molecule has 0 atom stereocenters. The Labute approximate surface area is 66.7 Å². The molecule has 0 N–H and O–H groups in total. The first kappa shape index (κ1) is 8.51. The summed E-state index contributed by atoms with van der Waals surface area (Å²) in [7, 11) is 1.25. The molecule has 0 saturated heterocycles. The molecule has 0 aliphatic rings.